The Morgan fingerprint density at radius 2 is 1.61 bits per heavy atom. The maximum atomic E-state index is 13.4. The number of rotatable bonds is 12. The summed E-state index contributed by atoms with van der Waals surface area (Å²) in [5.41, 5.74) is 1.73. The first kappa shape index (κ1) is 27.5. The molecule has 2 aromatic rings. The van der Waals surface area contributed by atoms with Crippen LogP contribution in [0.15, 0.2) is 42.5 Å². The number of hydrogen-bond donors (Lipinski definition) is 1. The van der Waals surface area contributed by atoms with Crippen LogP contribution in [-0.2, 0) is 22.6 Å². The SMILES string of the molecule is CCOc1ccc(CCC(=O)N(Cc2ccc(F)cc2)[C@@H](C)C(=O)NC2CCCCC2)cc1OCC. The van der Waals surface area contributed by atoms with Crippen LogP contribution in [0.1, 0.15) is 70.4 Å². The largest absolute Gasteiger partial charge is 0.490 e. The topological polar surface area (TPSA) is 67.9 Å². The highest BCUT2D eigenvalue weighted by atomic mass is 19.1. The van der Waals surface area contributed by atoms with Gasteiger partial charge in [0.05, 0.1) is 13.2 Å². The van der Waals surface area contributed by atoms with Crippen LogP contribution in [0.4, 0.5) is 4.39 Å². The van der Waals surface area contributed by atoms with E-state index in [0.29, 0.717) is 31.1 Å². The zero-order chi connectivity index (χ0) is 25.9. The minimum absolute atomic E-state index is 0.127. The first-order valence-electron chi connectivity index (χ1n) is 13.1. The average Bonchev–Trinajstić information content (AvgIpc) is 2.88. The Morgan fingerprint density at radius 1 is 0.972 bits per heavy atom. The van der Waals surface area contributed by atoms with Gasteiger partial charge in [-0.05, 0) is 75.4 Å². The number of benzene rings is 2. The van der Waals surface area contributed by atoms with E-state index >= 15 is 0 Å². The summed E-state index contributed by atoms with van der Waals surface area (Å²) in [6.45, 7) is 6.90. The van der Waals surface area contributed by atoms with Gasteiger partial charge < -0.3 is 19.7 Å². The van der Waals surface area contributed by atoms with Crippen LogP contribution in [0.5, 0.6) is 11.5 Å². The van der Waals surface area contributed by atoms with Gasteiger partial charge in [0.25, 0.3) is 0 Å². The van der Waals surface area contributed by atoms with Crippen molar-refractivity contribution in [1.82, 2.24) is 10.2 Å². The Bertz CT molecular complexity index is 989. The molecule has 1 fully saturated rings. The molecule has 1 saturated carbocycles. The molecule has 0 saturated heterocycles. The fourth-order valence-electron chi connectivity index (χ4n) is 4.58. The van der Waals surface area contributed by atoms with Crippen molar-refractivity contribution in [3.05, 3.63) is 59.4 Å². The second-order valence-corrected chi connectivity index (χ2v) is 9.31. The minimum atomic E-state index is -0.635. The number of ether oxygens (including phenoxy) is 2. The van der Waals surface area contributed by atoms with Crippen molar-refractivity contribution in [2.24, 2.45) is 0 Å². The highest BCUT2D eigenvalue weighted by Gasteiger charge is 2.28. The van der Waals surface area contributed by atoms with Gasteiger partial charge in [-0.1, -0.05) is 37.5 Å². The van der Waals surface area contributed by atoms with E-state index in [9.17, 15) is 14.0 Å². The van der Waals surface area contributed by atoms with E-state index in [4.69, 9.17) is 9.47 Å². The third-order valence-electron chi connectivity index (χ3n) is 6.62. The molecular formula is C29H39FN2O4. The molecule has 2 amide bonds. The van der Waals surface area contributed by atoms with E-state index in [0.717, 1.165) is 36.8 Å². The number of carbonyl (C=O) groups excluding carboxylic acids is 2. The Hall–Kier alpha value is -3.09. The van der Waals surface area contributed by atoms with Crippen LogP contribution >= 0.6 is 0 Å². The molecule has 0 aromatic heterocycles. The molecule has 36 heavy (non-hydrogen) atoms. The molecule has 0 spiro atoms. The molecular weight excluding hydrogens is 459 g/mol. The summed E-state index contributed by atoms with van der Waals surface area (Å²) in [4.78, 5) is 28.1. The Balaban J connectivity index is 1.71. The molecule has 0 unspecified atom stereocenters. The normalized spacial score (nSPS) is 14.7. The summed E-state index contributed by atoms with van der Waals surface area (Å²) in [6, 6.07) is 11.3. The zero-order valence-electron chi connectivity index (χ0n) is 21.7. The lowest BCUT2D eigenvalue weighted by Crippen LogP contribution is -2.50. The van der Waals surface area contributed by atoms with Crippen LogP contribution in [0.2, 0.25) is 0 Å². The molecule has 7 heteroatoms. The van der Waals surface area contributed by atoms with Crippen LogP contribution in [0, 0.1) is 5.82 Å². The second kappa shape index (κ2) is 13.9. The van der Waals surface area contributed by atoms with Gasteiger partial charge in [-0.25, -0.2) is 4.39 Å². The smallest absolute Gasteiger partial charge is 0.242 e. The van der Waals surface area contributed by atoms with Gasteiger partial charge in [0, 0.05) is 19.0 Å². The van der Waals surface area contributed by atoms with Crippen molar-refractivity contribution < 1.29 is 23.5 Å². The maximum absolute atomic E-state index is 13.4. The van der Waals surface area contributed by atoms with Crippen molar-refractivity contribution in [2.45, 2.75) is 84.3 Å². The average molecular weight is 499 g/mol. The number of hydrogen-bond acceptors (Lipinski definition) is 4. The number of nitrogens with one attached hydrogen (secondary N) is 1. The number of carbonyl (C=O) groups is 2. The quantitative estimate of drug-likeness (QED) is 0.424. The van der Waals surface area contributed by atoms with E-state index < -0.39 is 6.04 Å². The van der Waals surface area contributed by atoms with Crippen molar-refractivity contribution >= 4 is 11.8 Å². The fraction of sp³-hybridized carbons (Fsp3) is 0.517. The second-order valence-electron chi connectivity index (χ2n) is 9.31. The zero-order valence-corrected chi connectivity index (χ0v) is 21.7. The lowest BCUT2D eigenvalue weighted by molar-refractivity contribution is -0.141. The molecule has 1 N–H and O–H groups in total. The van der Waals surface area contributed by atoms with Crippen LogP contribution in [0.3, 0.4) is 0 Å². The van der Waals surface area contributed by atoms with E-state index in [1.165, 1.54) is 18.6 Å². The third-order valence-corrected chi connectivity index (χ3v) is 6.62. The van der Waals surface area contributed by atoms with Gasteiger partial charge in [-0.2, -0.15) is 0 Å². The molecule has 0 aliphatic heterocycles. The van der Waals surface area contributed by atoms with Crippen molar-refractivity contribution in [3.8, 4) is 11.5 Å². The monoisotopic (exact) mass is 498 g/mol. The van der Waals surface area contributed by atoms with Crippen molar-refractivity contribution in [3.63, 3.8) is 0 Å². The number of aryl methyl sites for hydroxylation is 1. The van der Waals surface area contributed by atoms with Gasteiger partial charge in [0.2, 0.25) is 11.8 Å². The summed E-state index contributed by atoms with van der Waals surface area (Å²) in [5.74, 6) is 0.739. The third kappa shape index (κ3) is 7.97. The predicted octanol–water partition coefficient (Wildman–Crippen LogP) is 5.42. The molecule has 0 bridgehead atoms. The Labute approximate surface area is 214 Å². The molecule has 196 valence electrons. The molecule has 0 heterocycles. The fourth-order valence-corrected chi connectivity index (χ4v) is 4.58. The van der Waals surface area contributed by atoms with E-state index in [1.54, 1.807) is 24.0 Å². The lowest BCUT2D eigenvalue weighted by Gasteiger charge is -2.31. The number of amides is 2. The van der Waals surface area contributed by atoms with E-state index in [2.05, 4.69) is 5.32 Å². The molecule has 0 radical (unpaired) electrons. The summed E-state index contributed by atoms with van der Waals surface area (Å²) >= 11 is 0. The first-order valence-corrected chi connectivity index (χ1v) is 13.1. The maximum Gasteiger partial charge on any atom is 0.242 e. The molecule has 3 rings (SSSR count). The summed E-state index contributed by atoms with van der Waals surface area (Å²) < 4.78 is 24.8. The lowest BCUT2D eigenvalue weighted by atomic mass is 9.95. The number of nitrogens with zero attached hydrogens (tertiary/aromatic N) is 1. The highest BCUT2D eigenvalue weighted by molar-refractivity contribution is 5.87. The van der Waals surface area contributed by atoms with Crippen molar-refractivity contribution in [2.75, 3.05) is 13.2 Å². The van der Waals surface area contributed by atoms with Gasteiger partial charge >= 0.3 is 0 Å². The minimum Gasteiger partial charge on any atom is -0.490 e. The molecule has 2 aromatic carbocycles. The van der Waals surface area contributed by atoms with Gasteiger partial charge in [-0.15, -0.1) is 0 Å². The van der Waals surface area contributed by atoms with E-state index in [1.807, 2.05) is 32.0 Å². The van der Waals surface area contributed by atoms with Gasteiger partial charge in [0.15, 0.2) is 11.5 Å². The summed E-state index contributed by atoms with van der Waals surface area (Å²) in [6.07, 6.45) is 6.12. The standard InChI is InChI=1S/C29H39FN2O4/c1-4-35-26-17-13-22(19-27(26)36-5-2)14-18-28(33)32(20-23-11-15-24(30)16-12-23)21(3)29(34)31-25-9-7-6-8-10-25/h11-13,15-17,19,21,25H,4-10,14,18,20H2,1-3H3,(H,31,34)/t21-/m0/s1. The molecule has 6 nitrogen and oxygen atoms in total. The van der Waals surface area contributed by atoms with Gasteiger partial charge in [-0.3, -0.25) is 9.59 Å². The van der Waals surface area contributed by atoms with Crippen LogP contribution in [0.25, 0.3) is 0 Å². The predicted molar refractivity (Wildman–Crippen MR) is 139 cm³/mol. The molecule has 1 atom stereocenters. The Morgan fingerprint density at radius 3 is 2.28 bits per heavy atom. The van der Waals surface area contributed by atoms with E-state index in [-0.39, 0.29) is 36.6 Å². The van der Waals surface area contributed by atoms with Gasteiger partial charge in [0.1, 0.15) is 11.9 Å². The summed E-state index contributed by atoms with van der Waals surface area (Å²) in [7, 11) is 0. The molecule has 1 aliphatic carbocycles. The molecule has 1 aliphatic rings. The number of halogens is 1. The summed E-state index contributed by atoms with van der Waals surface area (Å²) in [5, 5.41) is 3.14. The van der Waals surface area contributed by atoms with Crippen molar-refractivity contribution in [1.29, 1.82) is 0 Å². The van der Waals surface area contributed by atoms with Crippen LogP contribution in [-0.4, -0.2) is 42.0 Å². The Kier molecular flexibility index (Phi) is 10.6. The highest BCUT2D eigenvalue weighted by Crippen LogP contribution is 2.29. The first-order chi connectivity index (χ1) is 17.4. The van der Waals surface area contributed by atoms with Crippen LogP contribution < -0.4 is 14.8 Å².